The van der Waals surface area contributed by atoms with Crippen LogP contribution >= 0.6 is 0 Å². The van der Waals surface area contributed by atoms with Crippen molar-refractivity contribution < 1.29 is 25.0 Å². The van der Waals surface area contributed by atoms with Crippen molar-refractivity contribution in [2.45, 2.75) is 26.7 Å². The van der Waals surface area contributed by atoms with E-state index in [0.717, 1.165) is 11.1 Å². The van der Waals surface area contributed by atoms with Gasteiger partial charge in [0.05, 0.1) is 19.8 Å². The number of aliphatic hydroxyl groups is 1. The lowest BCUT2D eigenvalue weighted by molar-refractivity contribution is 0.0696. The Morgan fingerprint density at radius 1 is 1.26 bits per heavy atom. The van der Waals surface area contributed by atoms with Gasteiger partial charge in [0.15, 0.2) is 11.4 Å². The fourth-order valence-electron chi connectivity index (χ4n) is 2.06. The number of aromatic nitrogens is 1. The molecule has 7 heteroatoms. The molecule has 1 aromatic carbocycles. The second-order valence-electron chi connectivity index (χ2n) is 5.04. The van der Waals surface area contributed by atoms with Gasteiger partial charge in [-0.25, -0.2) is 10.5 Å². The number of pyridine rings is 1. The largest absolute Gasteiger partial charge is 0.505 e. The standard InChI is InChI=1S/C16H18N2O5/c1-10-2-4-11(5-3-10)8-23-9-12-6-17-14(16(21)18-22)15(20)13(12)7-19/h2-6,19-20,22H,7-9H2,1H3,(H,18,21). The molecule has 4 N–H and O–H groups in total. The highest BCUT2D eigenvalue weighted by Gasteiger charge is 2.18. The van der Waals surface area contributed by atoms with E-state index < -0.39 is 18.3 Å². The number of carbonyl (C=O) groups excluding carboxylic acids is 1. The average Bonchev–Trinajstić information content (AvgIpc) is 2.56. The molecule has 0 spiro atoms. The van der Waals surface area contributed by atoms with Gasteiger partial charge >= 0.3 is 0 Å². The molecular weight excluding hydrogens is 300 g/mol. The molecule has 0 aliphatic carbocycles. The van der Waals surface area contributed by atoms with Crippen molar-refractivity contribution in [1.29, 1.82) is 0 Å². The van der Waals surface area contributed by atoms with E-state index in [4.69, 9.17) is 9.94 Å². The van der Waals surface area contributed by atoms with Gasteiger partial charge in [-0.2, -0.15) is 0 Å². The van der Waals surface area contributed by atoms with Crippen LogP contribution in [-0.4, -0.2) is 26.3 Å². The van der Waals surface area contributed by atoms with E-state index in [-0.39, 0.29) is 17.9 Å². The van der Waals surface area contributed by atoms with Crippen molar-refractivity contribution in [2.24, 2.45) is 0 Å². The number of rotatable bonds is 6. The average molecular weight is 318 g/mol. The van der Waals surface area contributed by atoms with E-state index in [1.807, 2.05) is 31.2 Å². The van der Waals surface area contributed by atoms with Gasteiger partial charge in [-0.3, -0.25) is 10.0 Å². The summed E-state index contributed by atoms with van der Waals surface area (Å²) in [6.45, 7) is 2.00. The minimum atomic E-state index is -0.954. The first-order chi connectivity index (χ1) is 11.1. The van der Waals surface area contributed by atoms with Crippen LogP contribution in [0.5, 0.6) is 5.75 Å². The number of hydrogen-bond donors (Lipinski definition) is 4. The number of aromatic hydroxyl groups is 1. The number of carbonyl (C=O) groups is 1. The topological polar surface area (TPSA) is 112 Å². The molecule has 0 aliphatic rings. The maximum atomic E-state index is 11.3. The number of aliphatic hydroxyl groups excluding tert-OH is 1. The highest BCUT2D eigenvalue weighted by Crippen LogP contribution is 2.25. The van der Waals surface area contributed by atoms with Gasteiger partial charge in [-0.15, -0.1) is 0 Å². The van der Waals surface area contributed by atoms with E-state index in [1.165, 1.54) is 11.7 Å². The highest BCUT2D eigenvalue weighted by atomic mass is 16.5. The first-order valence-electron chi connectivity index (χ1n) is 6.95. The zero-order chi connectivity index (χ0) is 16.8. The number of nitrogens with one attached hydrogen (secondary N) is 1. The minimum Gasteiger partial charge on any atom is -0.505 e. The van der Waals surface area contributed by atoms with Crippen LogP contribution in [0.4, 0.5) is 0 Å². The van der Waals surface area contributed by atoms with Crippen LogP contribution in [0.1, 0.15) is 32.7 Å². The third-order valence-electron chi connectivity index (χ3n) is 3.37. The Labute approximate surface area is 133 Å². The van der Waals surface area contributed by atoms with Crippen molar-refractivity contribution in [3.8, 4) is 5.75 Å². The van der Waals surface area contributed by atoms with Gasteiger partial charge in [-0.05, 0) is 12.5 Å². The van der Waals surface area contributed by atoms with Crippen molar-refractivity contribution in [3.05, 3.63) is 58.4 Å². The lowest BCUT2D eigenvalue weighted by atomic mass is 10.1. The van der Waals surface area contributed by atoms with Crippen molar-refractivity contribution >= 4 is 5.91 Å². The molecule has 0 saturated carbocycles. The number of nitrogens with zero attached hydrogens (tertiary/aromatic N) is 1. The molecule has 0 unspecified atom stereocenters. The molecule has 0 fully saturated rings. The predicted molar refractivity (Wildman–Crippen MR) is 80.7 cm³/mol. The van der Waals surface area contributed by atoms with Crippen molar-refractivity contribution in [1.82, 2.24) is 10.5 Å². The van der Waals surface area contributed by atoms with E-state index >= 15 is 0 Å². The van der Waals surface area contributed by atoms with E-state index in [2.05, 4.69) is 4.98 Å². The van der Waals surface area contributed by atoms with Gasteiger partial charge in [0.1, 0.15) is 0 Å². The van der Waals surface area contributed by atoms with Crippen LogP contribution in [0, 0.1) is 6.92 Å². The molecule has 2 aromatic rings. The monoisotopic (exact) mass is 318 g/mol. The number of benzene rings is 1. The fourth-order valence-corrected chi connectivity index (χ4v) is 2.06. The summed E-state index contributed by atoms with van der Waals surface area (Å²) in [5.74, 6) is -1.43. The Kier molecular flexibility index (Phi) is 5.64. The van der Waals surface area contributed by atoms with Gasteiger partial charge in [-0.1, -0.05) is 29.8 Å². The van der Waals surface area contributed by atoms with Crippen LogP contribution in [0.15, 0.2) is 30.5 Å². The molecule has 0 aliphatic heterocycles. The number of hydroxylamine groups is 1. The van der Waals surface area contributed by atoms with Crippen molar-refractivity contribution in [3.63, 3.8) is 0 Å². The Morgan fingerprint density at radius 2 is 1.96 bits per heavy atom. The fraction of sp³-hybridized carbons (Fsp3) is 0.250. The summed E-state index contributed by atoms with van der Waals surface area (Å²) in [4.78, 5) is 15.1. The second kappa shape index (κ2) is 7.68. The Balaban J connectivity index is 2.09. The van der Waals surface area contributed by atoms with Crippen LogP contribution in [-0.2, 0) is 24.6 Å². The first-order valence-corrected chi connectivity index (χ1v) is 6.95. The van der Waals surface area contributed by atoms with E-state index in [1.54, 1.807) is 0 Å². The quantitative estimate of drug-likeness (QED) is 0.473. The molecule has 0 atom stereocenters. The first kappa shape index (κ1) is 16.9. The molecular formula is C16H18N2O5. The smallest absolute Gasteiger partial charge is 0.297 e. The summed E-state index contributed by atoms with van der Waals surface area (Å²) < 4.78 is 5.56. The van der Waals surface area contributed by atoms with Gasteiger partial charge in [0.2, 0.25) is 0 Å². The third kappa shape index (κ3) is 4.04. The zero-order valence-corrected chi connectivity index (χ0v) is 12.6. The summed E-state index contributed by atoms with van der Waals surface area (Å²) in [5.41, 5.74) is 3.78. The molecule has 1 amide bonds. The Morgan fingerprint density at radius 3 is 2.57 bits per heavy atom. The van der Waals surface area contributed by atoms with Gasteiger partial charge < -0.3 is 14.9 Å². The summed E-state index contributed by atoms with van der Waals surface area (Å²) in [7, 11) is 0. The summed E-state index contributed by atoms with van der Waals surface area (Å²) in [6, 6.07) is 7.86. The maximum Gasteiger partial charge on any atom is 0.297 e. The normalized spacial score (nSPS) is 10.6. The zero-order valence-electron chi connectivity index (χ0n) is 12.6. The Bertz CT molecular complexity index is 686. The third-order valence-corrected chi connectivity index (χ3v) is 3.37. The molecule has 0 radical (unpaired) electrons. The maximum absolute atomic E-state index is 11.3. The number of ether oxygens (including phenoxy) is 1. The number of aryl methyl sites for hydroxylation is 1. The molecule has 0 saturated heterocycles. The summed E-state index contributed by atoms with van der Waals surface area (Å²) in [5, 5.41) is 28.0. The number of hydrogen-bond acceptors (Lipinski definition) is 6. The molecule has 1 aromatic heterocycles. The van der Waals surface area contributed by atoms with E-state index in [0.29, 0.717) is 12.2 Å². The number of amides is 1. The SMILES string of the molecule is Cc1ccc(COCc2cnc(C(=O)NO)c(O)c2CO)cc1. The predicted octanol–water partition coefficient (Wildman–Crippen LogP) is 1.42. The molecule has 7 nitrogen and oxygen atoms in total. The molecule has 0 bridgehead atoms. The summed E-state index contributed by atoms with van der Waals surface area (Å²) in [6.07, 6.45) is 1.32. The van der Waals surface area contributed by atoms with Crippen LogP contribution in [0.2, 0.25) is 0 Å². The van der Waals surface area contributed by atoms with Gasteiger partial charge in [0.25, 0.3) is 5.91 Å². The lowest BCUT2D eigenvalue weighted by Gasteiger charge is -2.12. The second-order valence-corrected chi connectivity index (χ2v) is 5.04. The van der Waals surface area contributed by atoms with Crippen LogP contribution in [0.3, 0.4) is 0 Å². The highest BCUT2D eigenvalue weighted by molar-refractivity contribution is 5.94. The van der Waals surface area contributed by atoms with Crippen molar-refractivity contribution in [2.75, 3.05) is 0 Å². The molecule has 2 rings (SSSR count). The molecule has 122 valence electrons. The van der Waals surface area contributed by atoms with E-state index in [9.17, 15) is 15.0 Å². The van der Waals surface area contributed by atoms with Gasteiger partial charge in [0, 0.05) is 17.3 Å². The molecule has 23 heavy (non-hydrogen) atoms. The summed E-state index contributed by atoms with van der Waals surface area (Å²) >= 11 is 0. The minimum absolute atomic E-state index is 0.116. The van der Waals surface area contributed by atoms with Crippen LogP contribution in [0.25, 0.3) is 0 Å². The molecule has 1 heterocycles. The Hall–Kier alpha value is -2.48. The lowest BCUT2D eigenvalue weighted by Crippen LogP contribution is -2.21. The van der Waals surface area contributed by atoms with Crippen LogP contribution < -0.4 is 5.48 Å².